The molecule has 0 aliphatic carbocycles. The molecule has 1 fully saturated rings. The zero-order chi connectivity index (χ0) is 27.6. The molecule has 6 rings (SSSR count). The van der Waals surface area contributed by atoms with Crippen molar-refractivity contribution in [1.82, 2.24) is 34.3 Å². The van der Waals surface area contributed by atoms with E-state index in [1.165, 1.54) is 12.3 Å². The van der Waals surface area contributed by atoms with Crippen LogP contribution in [0.2, 0.25) is 0 Å². The molecule has 5 aromatic heterocycles. The zero-order valence-electron chi connectivity index (χ0n) is 22.3. The number of nitrogens with zero attached hydrogens (tertiary/aromatic N) is 9. The van der Waals surface area contributed by atoms with Gasteiger partial charge in [-0.2, -0.15) is 15.5 Å². The molecule has 0 saturated carbocycles. The lowest BCUT2D eigenvalue weighted by molar-refractivity contribution is 0.277. The smallest absolute Gasteiger partial charge is 0.217 e. The first-order chi connectivity index (χ1) is 19.5. The minimum Gasteiger partial charge on any atom is -0.481 e. The van der Waals surface area contributed by atoms with Crippen LogP contribution in [0.25, 0.3) is 27.8 Å². The monoisotopic (exact) mass is 537 g/mol. The molecule has 11 heteroatoms. The molecule has 1 saturated heterocycles. The van der Waals surface area contributed by atoms with Gasteiger partial charge in [0.2, 0.25) is 5.88 Å². The highest BCUT2D eigenvalue weighted by molar-refractivity contribution is 5.87. The molecule has 10 nitrogen and oxygen atoms in total. The number of hydrogen-bond donors (Lipinski definition) is 0. The van der Waals surface area contributed by atoms with Gasteiger partial charge in [0.15, 0.2) is 0 Å². The van der Waals surface area contributed by atoms with Crippen molar-refractivity contribution >= 4 is 11.3 Å². The SMILES string of the molecule is COc1ncc(F)cc1CN1CCCN(c2ccc(-c3cc(-c4cnn(C)c4)cn4ncc(C#N)c34)cn2)CC1. The first-order valence-corrected chi connectivity index (χ1v) is 13.0. The van der Waals surface area contributed by atoms with Gasteiger partial charge in [0.05, 0.1) is 36.8 Å². The zero-order valence-corrected chi connectivity index (χ0v) is 22.3. The maximum Gasteiger partial charge on any atom is 0.217 e. The number of methoxy groups -OCH3 is 1. The van der Waals surface area contributed by atoms with Crippen LogP contribution in [0.3, 0.4) is 0 Å². The highest BCUT2D eigenvalue weighted by Crippen LogP contribution is 2.32. The van der Waals surface area contributed by atoms with Crippen LogP contribution < -0.4 is 9.64 Å². The Morgan fingerprint density at radius 1 is 0.950 bits per heavy atom. The molecule has 0 spiro atoms. The van der Waals surface area contributed by atoms with E-state index in [-0.39, 0.29) is 5.82 Å². The van der Waals surface area contributed by atoms with Crippen molar-refractivity contribution in [2.24, 2.45) is 7.05 Å². The van der Waals surface area contributed by atoms with Crippen LogP contribution in [-0.2, 0) is 13.6 Å². The molecule has 0 bridgehead atoms. The van der Waals surface area contributed by atoms with Crippen molar-refractivity contribution in [2.45, 2.75) is 13.0 Å². The van der Waals surface area contributed by atoms with E-state index >= 15 is 0 Å². The molecule has 40 heavy (non-hydrogen) atoms. The number of hydrogen-bond acceptors (Lipinski definition) is 8. The van der Waals surface area contributed by atoms with Crippen molar-refractivity contribution in [2.75, 3.05) is 38.2 Å². The van der Waals surface area contributed by atoms with Gasteiger partial charge in [0.1, 0.15) is 17.7 Å². The predicted molar refractivity (Wildman–Crippen MR) is 148 cm³/mol. The van der Waals surface area contributed by atoms with Crippen LogP contribution in [0.15, 0.2) is 61.4 Å². The van der Waals surface area contributed by atoms with Crippen LogP contribution in [-0.4, -0.2) is 67.6 Å². The molecule has 5 aromatic rings. The Morgan fingerprint density at radius 3 is 2.60 bits per heavy atom. The molecular formula is C29H28FN9O. The number of aromatic nitrogens is 6. The average Bonchev–Trinajstić information content (AvgIpc) is 3.53. The average molecular weight is 538 g/mol. The van der Waals surface area contributed by atoms with Crippen molar-refractivity contribution in [3.05, 3.63) is 78.4 Å². The Morgan fingerprint density at radius 2 is 1.85 bits per heavy atom. The number of ether oxygens (including phenoxy) is 1. The van der Waals surface area contributed by atoms with E-state index in [4.69, 9.17) is 9.72 Å². The molecule has 0 aromatic carbocycles. The second-order valence-electron chi connectivity index (χ2n) is 9.85. The van der Waals surface area contributed by atoms with Gasteiger partial charge < -0.3 is 9.64 Å². The standard InChI is InChI=1S/C29H28FN9O/c1-36-17-24(15-34-36)21-11-26(28-23(12-31)14-35-39(28)19-21)20-4-5-27(32-13-20)38-7-3-6-37(8-9-38)18-22-10-25(30)16-33-29(22)40-2/h4-5,10-11,13-17,19H,3,6-9,18H2,1-2H3. The first kappa shape index (κ1) is 25.5. The highest BCUT2D eigenvalue weighted by Gasteiger charge is 2.19. The van der Waals surface area contributed by atoms with Gasteiger partial charge >= 0.3 is 0 Å². The maximum absolute atomic E-state index is 13.8. The number of aryl methyl sites for hydroxylation is 1. The third-order valence-corrected chi connectivity index (χ3v) is 7.22. The number of halogens is 1. The van der Waals surface area contributed by atoms with Crippen LogP contribution in [0, 0.1) is 17.1 Å². The fraction of sp³-hybridized carbons (Fsp3) is 0.276. The minimum atomic E-state index is -0.363. The van der Waals surface area contributed by atoms with Gasteiger partial charge in [-0.15, -0.1) is 0 Å². The van der Waals surface area contributed by atoms with Crippen LogP contribution >= 0.6 is 0 Å². The number of anilines is 1. The van der Waals surface area contributed by atoms with Crippen molar-refractivity contribution in [3.8, 4) is 34.2 Å². The Bertz CT molecular complexity index is 1700. The van der Waals surface area contributed by atoms with Crippen LogP contribution in [0.4, 0.5) is 10.2 Å². The summed E-state index contributed by atoms with van der Waals surface area (Å²) in [5.74, 6) is 0.987. The molecular weight excluding hydrogens is 509 g/mol. The summed E-state index contributed by atoms with van der Waals surface area (Å²) >= 11 is 0. The van der Waals surface area contributed by atoms with E-state index in [0.29, 0.717) is 18.0 Å². The highest BCUT2D eigenvalue weighted by atomic mass is 19.1. The van der Waals surface area contributed by atoms with Crippen LogP contribution in [0.1, 0.15) is 17.5 Å². The molecule has 0 unspecified atom stereocenters. The molecule has 202 valence electrons. The molecule has 6 heterocycles. The maximum atomic E-state index is 13.8. The second kappa shape index (κ2) is 10.7. The van der Waals surface area contributed by atoms with Gasteiger partial charge in [-0.1, -0.05) is 0 Å². The minimum absolute atomic E-state index is 0.363. The summed E-state index contributed by atoms with van der Waals surface area (Å²) in [7, 11) is 3.43. The van der Waals surface area contributed by atoms with E-state index in [2.05, 4.69) is 37.1 Å². The first-order valence-electron chi connectivity index (χ1n) is 13.0. The lowest BCUT2D eigenvalue weighted by atomic mass is 10.0. The van der Waals surface area contributed by atoms with Gasteiger partial charge in [0, 0.05) is 86.2 Å². The molecule has 0 radical (unpaired) electrons. The van der Waals surface area contributed by atoms with E-state index in [0.717, 1.165) is 71.8 Å². The van der Waals surface area contributed by atoms with Crippen LogP contribution in [0.5, 0.6) is 5.88 Å². The summed E-state index contributed by atoms with van der Waals surface area (Å²) in [6.45, 7) is 3.91. The van der Waals surface area contributed by atoms with Crippen molar-refractivity contribution in [1.29, 1.82) is 5.26 Å². The third-order valence-electron chi connectivity index (χ3n) is 7.22. The number of rotatable bonds is 6. The number of pyridine rings is 3. The summed E-state index contributed by atoms with van der Waals surface area (Å²) in [5.41, 5.74) is 5.70. The fourth-order valence-corrected chi connectivity index (χ4v) is 5.25. The normalized spacial score (nSPS) is 14.3. The summed E-state index contributed by atoms with van der Waals surface area (Å²) < 4.78 is 22.6. The molecule has 1 aliphatic rings. The quantitative estimate of drug-likeness (QED) is 0.321. The molecule has 0 atom stereocenters. The van der Waals surface area contributed by atoms with E-state index in [9.17, 15) is 9.65 Å². The van der Waals surface area contributed by atoms with E-state index in [1.54, 1.807) is 22.5 Å². The molecule has 0 N–H and O–H groups in total. The lowest BCUT2D eigenvalue weighted by Gasteiger charge is -2.23. The Labute approximate surface area is 230 Å². The third kappa shape index (κ3) is 4.97. The molecule has 0 amide bonds. The van der Waals surface area contributed by atoms with Gasteiger partial charge in [-0.05, 0) is 30.7 Å². The lowest BCUT2D eigenvalue weighted by Crippen LogP contribution is -2.31. The van der Waals surface area contributed by atoms with E-state index < -0.39 is 0 Å². The number of nitriles is 1. The number of fused-ring (bicyclic) bond motifs is 1. The molecule has 1 aliphatic heterocycles. The Hall–Kier alpha value is -4.82. The summed E-state index contributed by atoms with van der Waals surface area (Å²) in [5, 5.41) is 18.4. The summed E-state index contributed by atoms with van der Waals surface area (Å²) in [4.78, 5) is 13.4. The second-order valence-corrected chi connectivity index (χ2v) is 9.85. The van der Waals surface area contributed by atoms with Gasteiger partial charge in [-0.25, -0.2) is 18.9 Å². The van der Waals surface area contributed by atoms with Crippen molar-refractivity contribution < 1.29 is 9.13 Å². The summed E-state index contributed by atoms with van der Waals surface area (Å²) in [6.07, 6.45) is 11.2. The largest absolute Gasteiger partial charge is 0.481 e. The Kier molecular flexibility index (Phi) is 6.84. The summed E-state index contributed by atoms with van der Waals surface area (Å²) in [6, 6.07) is 9.89. The van der Waals surface area contributed by atoms with Gasteiger partial charge in [-0.3, -0.25) is 9.58 Å². The fourth-order valence-electron chi connectivity index (χ4n) is 5.25. The van der Waals surface area contributed by atoms with Crippen molar-refractivity contribution in [3.63, 3.8) is 0 Å². The van der Waals surface area contributed by atoms with E-state index in [1.807, 2.05) is 44.0 Å². The Balaban J connectivity index is 1.24. The van der Waals surface area contributed by atoms with Gasteiger partial charge in [0.25, 0.3) is 0 Å². The topological polar surface area (TPSA) is 100 Å². The predicted octanol–water partition coefficient (Wildman–Crippen LogP) is 3.92.